The molecule has 30 heavy (non-hydrogen) atoms. The van der Waals surface area contributed by atoms with Gasteiger partial charge in [-0.2, -0.15) is 0 Å². The molecule has 6 rings (SSSR count). The lowest BCUT2D eigenvalue weighted by molar-refractivity contribution is -0.273. The summed E-state index contributed by atoms with van der Waals surface area (Å²) in [6.07, 6.45) is 12.9. The van der Waals surface area contributed by atoms with Crippen molar-refractivity contribution in [2.45, 2.75) is 110 Å². The highest BCUT2D eigenvalue weighted by Gasteiger charge is 2.69. The number of aliphatic hydroxyl groups is 1. The van der Waals surface area contributed by atoms with E-state index in [0.29, 0.717) is 34.7 Å². The zero-order valence-electron chi connectivity index (χ0n) is 19.7. The summed E-state index contributed by atoms with van der Waals surface area (Å²) < 4.78 is 13.4. The molecule has 2 heterocycles. The van der Waals surface area contributed by atoms with Crippen molar-refractivity contribution in [1.82, 2.24) is 0 Å². The Morgan fingerprint density at radius 2 is 1.63 bits per heavy atom. The molecule has 4 saturated carbocycles. The number of fused-ring (bicyclic) bond motifs is 7. The van der Waals surface area contributed by atoms with Crippen LogP contribution >= 0.6 is 0 Å². The van der Waals surface area contributed by atoms with Gasteiger partial charge in [0.15, 0.2) is 5.79 Å². The summed E-state index contributed by atoms with van der Waals surface area (Å²) in [6.45, 7) is 10.9. The van der Waals surface area contributed by atoms with Crippen molar-refractivity contribution >= 4 is 0 Å². The predicted molar refractivity (Wildman–Crippen MR) is 118 cm³/mol. The van der Waals surface area contributed by atoms with E-state index in [4.69, 9.17) is 9.47 Å². The van der Waals surface area contributed by atoms with Crippen LogP contribution in [0.5, 0.6) is 0 Å². The third kappa shape index (κ3) is 2.61. The normalized spacial score (nSPS) is 62.5. The van der Waals surface area contributed by atoms with Crippen LogP contribution in [0, 0.1) is 52.3 Å². The maximum atomic E-state index is 10.3. The summed E-state index contributed by atoms with van der Waals surface area (Å²) >= 11 is 0. The Hall–Kier alpha value is -0.120. The average molecular weight is 417 g/mol. The van der Waals surface area contributed by atoms with E-state index < -0.39 is 0 Å². The Morgan fingerprint density at radius 1 is 0.833 bits per heavy atom. The van der Waals surface area contributed by atoms with Crippen LogP contribution in [-0.2, 0) is 9.47 Å². The van der Waals surface area contributed by atoms with Gasteiger partial charge in [0, 0.05) is 12.3 Å². The van der Waals surface area contributed by atoms with E-state index in [1.54, 1.807) is 0 Å². The van der Waals surface area contributed by atoms with Crippen LogP contribution in [0.15, 0.2) is 0 Å². The molecule has 0 aromatic carbocycles. The highest BCUT2D eigenvalue weighted by molar-refractivity contribution is 5.15. The molecule has 6 fully saturated rings. The van der Waals surface area contributed by atoms with Gasteiger partial charge < -0.3 is 14.6 Å². The van der Waals surface area contributed by atoms with E-state index in [2.05, 4.69) is 27.7 Å². The van der Waals surface area contributed by atoms with Crippen LogP contribution in [0.25, 0.3) is 0 Å². The molecule has 6 aliphatic rings. The van der Waals surface area contributed by atoms with Crippen molar-refractivity contribution in [3.05, 3.63) is 0 Å². The molecular weight excluding hydrogens is 372 g/mol. The molecule has 0 radical (unpaired) electrons. The third-order valence-electron chi connectivity index (χ3n) is 11.9. The largest absolute Gasteiger partial charge is 0.393 e. The molecule has 1 spiro atoms. The van der Waals surface area contributed by atoms with E-state index >= 15 is 0 Å². The standard InChI is InChI=1S/C27H44O3/c1-16-7-12-27(29-15-16)17(2)24-23(30-27)14-22-20-6-5-18-13-19(28)8-10-25(18,3)21(20)9-11-26(22,24)4/h16-24,28H,5-15H2,1-4H3/t16-,17+,18+,19?,20?,21?,22?,23?,24?,25+,26+,27-/m1/s1. The Morgan fingerprint density at radius 3 is 2.40 bits per heavy atom. The zero-order valence-corrected chi connectivity index (χ0v) is 19.7. The van der Waals surface area contributed by atoms with Crippen LogP contribution < -0.4 is 0 Å². The third-order valence-corrected chi connectivity index (χ3v) is 11.9. The summed E-state index contributed by atoms with van der Waals surface area (Å²) in [4.78, 5) is 0. The molecule has 6 unspecified atom stereocenters. The first-order chi connectivity index (χ1) is 14.3. The van der Waals surface area contributed by atoms with E-state index in [-0.39, 0.29) is 11.9 Å². The molecule has 2 aliphatic heterocycles. The summed E-state index contributed by atoms with van der Waals surface area (Å²) in [5.74, 6) is 4.93. The van der Waals surface area contributed by atoms with Crippen LogP contribution in [-0.4, -0.2) is 29.7 Å². The van der Waals surface area contributed by atoms with Gasteiger partial charge in [-0.1, -0.05) is 27.7 Å². The highest BCUT2D eigenvalue weighted by atomic mass is 16.7. The summed E-state index contributed by atoms with van der Waals surface area (Å²) in [5.41, 5.74) is 0.899. The van der Waals surface area contributed by atoms with Gasteiger partial charge in [-0.3, -0.25) is 0 Å². The monoisotopic (exact) mass is 416 g/mol. The Labute approximate surface area is 183 Å². The minimum atomic E-state index is -0.282. The van der Waals surface area contributed by atoms with Gasteiger partial charge in [-0.15, -0.1) is 0 Å². The molecule has 12 atom stereocenters. The van der Waals surface area contributed by atoms with Crippen LogP contribution in [0.4, 0.5) is 0 Å². The molecule has 0 amide bonds. The van der Waals surface area contributed by atoms with E-state index in [1.807, 2.05) is 0 Å². The van der Waals surface area contributed by atoms with Crippen molar-refractivity contribution in [2.24, 2.45) is 52.3 Å². The van der Waals surface area contributed by atoms with Gasteiger partial charge in [0.2, 0.25) is 0 Å². The lowest BCUT2D eigenvalue weighted by Gasteiger charge is -2.61. The maximum absolute atomic E-state index is 10.3. The van der Waals surface area contributed by atoms with Crippen molar-refractivity contribution in [3.8, 4) is 0 Å². The van der Waals surface area contributed by atoms with Crippen molar-refractivity contribution in [2.75, 3.05) is 6.61 Å². The molecule has 170 valence electrons. The molecule has 3 heteroatoms. The fourth-order valence-electron chi connectivity index (χ4n) is 10.3. The average Bonchev–Trinajstić information content (AvgIpc) is 3.16. The van der Waals surface area contributed by atoms with E-state index in [1.165, 1.54) is 44.9 Å². The van der Waals surface area contributed by atoms with Gasteiger partial charge in [0.1, 0.15) is 0 Å². The van der Waals surface area contributed by atoms with Gasteiger partial charge in [0.05, 0.1) is 18.8 Å². The van der Waals surface area contributed by atoms with Crippen molar-refractivity contribution in [3.63, 3.8) is 0 Å². The van der Waals surface area contributed by atoms with Crippen molar-refractivity contribution < 1.29 is 14.6 Å². The number of rotatable bonds is 0. The number of aliphatic hydroxyl groups excluding tert-OH is 1. The first kappa shape index (κ1) is 20.5. The molecule has 0 aromatic rings. The van der Waals surface area contributed by atoms with Gasteiger partial charge in [-0.25, -0.2) is 0 Å². The lowest BCUT2D eigenvalue weighted by atomic mass is 9.44. The second kappa shape index (κ2) is 6.70. The molecule has 1 N–H and O–H groups in total. The topological polar surface area (TPSA) is 38.7 Å². The van der Waals surface area contributed by atoms with Gasteiger partial charge in [-0.05, 0) is 104 Å². The number of hydrogen-bond donors (Lipinski definition) is 1. The first-order valence-electron chi connectivity index (χ1n) is 13.3. The second-order valence-electron chi connectivity index (χ2n) is 13.1. The quantitative estimate of drug-likeness (QED) is 0.543. The summed E-state index contributed by atoms with van der Waals surface area (Å²) in [6, 6.07) is 0. The van der Waals surface area contributed by atoms with Crippen molar-refractivity contribution in [1.29, 1.82) is 0 Å². The van der Waals surface area contributed by atoms with Gasteiger partial charge in [0.25, 0.3) is 0 Å². The lowest BCUT2D eigenvalue weighted by Crippen LogP contribution is -2.55. The van der Waals surface area contributed by atoms with Gasteiger partial charge >= 0.3 is 0 Å². The summed E-state index contributed by atoms with van der Waals surface area (Å²) in [7, 11) is 0. The fourth-order valence-corrected chi connectivity index (χ4v) is 10.3. The smallest absolute Gasteiger partial charge is 0.171 e. The van der Waals surface area contributed by atoms with Crippen LogP contribution in [0.3, 0.4) is 0 Å². The Kier molecular flexibility index (Phi) is 4.58. The molecule has 0 aromatic heterocycles. The minimum Gasteiger partial charge on any atom is -0.393 e. The highest BCUT2D eigenvalue weighted by Crippen LogP contribution is 2.71. The molecule has 3 nitrogen and oxygen atoms in total. The fraction of sp³-hybridized carbons (Fsp3) is 1.00. The summed E-state index contributed by atoms with van der Waals surface area (Å²) in [5, 5.41) is 10.3. The molecule has 2 saturated heterocycles. The first-order valence-corrected chi connectivity index (χ1v) is 13.3. The maximum Gasteiger partial charge on any atom is 0.171 e. The molecule has 4 aliphatic carbocycles. The van der Waals surface area contributed by atoms with Crippen LogP contribution in [0.2, 0.25) is 0 Å². The van der Waals surface area contributed by atoms with Crippen LogP contribution in [0.1, 0.15) is 91.9 Å². The predicted octanol–water partition coefficient (Wildman–Crippen LogP) is 5.79. The molecule has 0 bridgehead atoms. The Bertz CT molecular complexity index is 684. The second-order valence-corrected chi connectivity index (χ2v) is 13.1. The Balaban J connectivity index is 1.26. The zero-order chi connectivity index (χ0) is 20.9. The van der Waals surface area contributed by atoms with E-state index in [9.17, 15) is 5.11 Å². The van der Waals surface area contributed by atoms with E-state index in [0.717, 1.165) is 49.5 Å². The molecular formula is C27H44O3. The SMILES string of the molecule is C[C@@H]1CC[C@@]2(OC1)OC1CC3C4CC[C@H]5CC(O)CC[C@]5(C)C4CC[C@]3(C)C1[C@@H]2C. The number of ether oxygens (including phenoxy) is 2. The number of hydrogen-bond acceptors (Lipinski definition) is 3. The minimum absolute atomic E-state index is 0.0389.